The molecule has 15 heavy (non-hydrogen) atoms. The van der Waals surface area contributed by atoms with Crippen LogP contribution in [0.2, 0.25) is 5.15 Å². The number of rotatable bonds is 5. The molecule has 0 amide bonds. The standard InChI is InChI=1S/C9H13BrClN3O/c1-2-6(3-4-15)14-9-7(10)8(11)12-5-13-9/h5-6,15H,2-4H2,1H3,(H,12,13,14). The van der Waals surface area contributed by atoms with Gasteiger partial charge in [0.25, 0.3) is 0 Å². The van der Waals surface area contributed by atoms with Gasteiger partial charge in [-0.25, -0.2) is 9.97 Å². The third-order valence-electron chi connectivity index (χ3n) is 2.06. The zero-order chi connectivity index (χ0) is 11.3. The molecule has 0 radical (unpaired) electrons. The Morgan fingerprint density at radius 3 is 2.93 bits per heavy atom. The molecule has 0 saturated carbocycles. The summed E-state index contributed by atoms with van der Waals surface area (Å²) in [6.07, 6.45) is 3.00. The third-order valence-corrected chi connectivity index (χ3v) is 3.32. The van der Waals surface area contributed by atoms with Crippen LogP contribution < -0.4 is 5.32 Å². The minimum atomic E-state index is 0.155. The van der Waals surface area contributed by atoms with Gasteiger partial charge in [0.15, 0.2) is 0 Å². The molecule has 0 aliphatic heterocycles. The highest BCUT2D eigenvalue weighted by atomic mass is 79.9. The van der Waals surface area contributed by atoms with E-state index >= 15 is 0 Å². The summed E-state index contributed by atoms with van der Waals surface area (Å²) < 4.78 is 0.656. The van der Waals surface area contributed by atoms with Gasteiger partial charge in [0.1, 0.15) is 17.3 Å². The van der Waals surface area contributed by atoms with E-state index in [1.807, 2.05) is 6.92 Å². The van der Waals surface area contributed by atoms with Crippen molar-refractivity contribution in [3.63, 3.8) is 0 Å². The summed E-state index contributed by atoms with van der Waals surface area (Å²) in [5.74, 6) is 0.662. The number of anilines is 1. The summed E-state index contributed by atoms with van der Waals surface area (Å²) in [4.78, 5) is 7.91. The van der Waals surface area contributed by atoms with Crippen molar-refractivity contribution in [1.29, 1.82) is 0 Å². The Hall–Kier alpha value is -0.390. The van der Waals surface area contributed by atoms with E-state index < -0.39 is 0 Å². The lowest BCUT2D eigenvalue weighted by atomic mass is 10.1. The molecular formula is C9H13BrClN3O. The smallest absolute Gasteiger partial charge is 0.148 e. The lowest BCUT2D eigenvalue weighted by Crippen LogP contribution is -2.20. The highest BCUT2D eigenvalue weighted by Gasteiger charge is 2.11. The average Bonchev–Trinajstić information content (AvgIpc) is 2.24. The van der Waals surface area contributed by atoms with Gasteiger partial charge in [-0.05, 0) is 28.8 Å². The molecule has 6 heteroatoms. The largest absolute Gasteiger partial charge is 0.396 e. The minimum absolute atomic E-state index is 0.155. The molecule has 0 aliphatic rings. The normalized spacial score (nSPS) is 12.5. The Morgan fingerprint density at radius 1 is 1.60 bits per heavy atom. The third kappa shape index (κ3) is 3.59. The second-order valence-corrected chi connectivity index (χ2v) is 4.24. The van der Waals surface area contributed by atoms with Crippen LogP contribution in [0.3, 0.4) is 0 Å². The average molecular weight is 295 g/mol. The summed E-state index contributed by atoms with van der Waals surface area (Å²) in [6, 6.07) is 0.192. The van der Waals surface area contributed by atoms with Crippen LogP contribution in [0, 0.1) is 0 Å². The van der Waals surface area contributed by atoms with E-state index in [0.29, 0.717) is 21.9 Å². The lowest BCUT2D eigenvalue weighted by molar-refractivity contribution is 0.278. The fraction of sp³-hybridized carbons (Fsp3) is 0.556. The van der Waals surface area contributed by atoms with Crippen LogP contribution >= 0.6 is 27.5 Å². The summed E-state index contributed by atoms with van der Waals surface area (Å²) in [5, 5.41) is 12.4. The van der Waals surface area contributed by atoms with Crippen LogP contribution in [0.15, 0.2) is 10.8 Å². The van der Waals surface area contributed by atoms with Crippen molar-refractivity contribution in [3.8, 4) is 0 Å². The van der Waals surface area contributed by atoms with E-state index in [9.17, 15) is 0 Å². The Labute approximate surface area is 102 Å². The van der Waals surface area contributed by atoms with Gasteiger partial charge in [-0.2, -0.15) is 0 Å². The Kier molecular flexibility index (Phi) is 5.28. The molecule has 1 aromatic rings. The molecule has 2 N–H and O–H groups in total. The number of aromatic nitrogens is 2. The van der Waals surface area contributed by atoms with E-state index in [2.05, 4.69) is 31.2 Å². The van der Waals surface area contributed by atoms with Crippen molar-refractivity contribution in [2.45, 2.75) is 25.8 Å². The first kappa shape index (κ1) is 12.7. The van der Waals surface area contributed by atoms with E-state index in [0.717, 1.165) is 6.42 Å². The topological polar surface area (TPSA) is 58.0 Å². The predicted molar refractivity (Wildman–Crippen MR) is 64.1 cm³/mol. The molecule has 84 valence electrons. The van der Waals surface area contributed by atoms with Crippen LogP contribution in [0.5, 0.6) is 0 Å². The van der Waals surface area contributed by atoms with Crippen molar-refractivity contribution in [2.24, 2.45) is 0 Å². The maximum Gasteiger partial charge on any atom is 0.148 e. The zero-order valence-electron chi connectivity index (χ0n) is 8.37. The molecule has 4 nitrogen and oxygen atoms in total. The Bertz CT molecular complexity index is 324. The molecule has 0 aromatic carbocycles. The first-order valence-electron chi connectivity index (χ1n) is 4.72. The maximum absolute atomic E-state index is 8.86. The number of hydrogen-bond acceptors (Lipinski definition) is 4. The van der Waals surface area contributed by atoms with E-state index in [4.69, 9.17) is 16.7 Å². The number of halogens is 2. The van der Waals surface area contributed by atoms with Crippen molar-refractivity contribution in [2.75, 3.05) is 11.9 Å². The molecule has 1 rings (SSSR count). The molecule has 1 unspecified atom stereocenters. The maximum atomic E-state index is 8.86. The van der Waals surface area contributed by atoms with E-state index in [-0.39, 0.29) is 12.6 Å². The zero-order valence-corrected chi connectivity index (χ0v) is 10.7. The van der Waals surface area contributed by atoms with Gasteiger partial charge in [0, 0.05) is 12.6 Å². The number of hydrogen-bond donors (Lipinski definition) is 2. The highest BCUT2D eigenvalue weighted by Crippen LogP contribution is 2.26. The second kappa shape index (κ2) is 6.25. The van der Waals surface area contributed by atoms with Crippen molar-refractivity contribution in [1.82, 2.24) is 9.97 Å². The minimum Gasteiger partial charge on any atom is -0.396 e. The predicted octanol–water partition coefficient (Wildman–Crippen LogP) is 2.47. The molecule has 0 saturated heterocycles. The molecule has 1 heterocycles. The van der Waals surface area contributed by atoms with Gasteiger partial charge >= 0.3 is 0 Å². The second-order valence-electron chi connectivity index (χ2n) is 3.09. The summed E-state index contributed by atoms with van der Waals surface area (Å²) in [6.45, 7) is 2.20. The van der Waals surface area contributed by atoms with Crippen LogP contribution in [0.4, 0.5) is 5.82 Å². The van der Waals surface area contributed by atoms with Crippen LogP contribution in [0.1, 0.15) is 19.8 Å². The van der Waals surface area contributed by atoms with E-state index in [1.165, 1.54) is 6.33 Å². The van der Waals surface area contributed by atoms with Crippen molar-refractivity contribution in [3.05, 3.63) is 16.0 Å². The Morgan fingerprint density at radius 2 is 2.33 bits per heavy atom. The summed E-state index contributed by atoms with van der Waals surface area (Å²) >= 11 is 9.14. The number of nitrogens with zero attached hydrogens (tertiary/aromatic N) is 2. The molecule has 0 bridgehead atoms. The molecule has 0 spiro atoms. The van der Waals surface area contributed by atoms with Gasteiger partial charge in [0.05, 0.1) is 4.47 Å². The number of nitrogens with one attached hydrogen (secondary N) is 1. The number of aliphatic hydroxyl groups is 1. The van der Waals surface area contributed by atoms with Crippen molar-refractivity contribution >= 4 is 33.3 Å². The molecular weight excluding hydrogens is 281 g/mol. The van der Waals surface area contributed by atoms with Gasteiger partial charge < -0.3 is 10.4 Å². The van der Waals surface area contributed by atoms with Gasteiger partial charge in [-0.1, -0.05) is 18.5 Å². The Balaban J connectivity index is 2.74. The molecule has 0 fully saturated rings. The lowest BCUT2D eigenvalue weighted by Gasteiger charge is -2.17. The molecule has 0 aliphatic carbocycles. The quantitative estimate of drug-likeness (QED) is 0.819. The SMILES string of the molecule is CCC(CCO)Nc1ncnc(Cl)c1Br. The molecule has 1 aromatic heterocycles. The van der Waals surface area contributed by atoms with Crippen LogP contribution in [0.25, 0.3) is 0 Å². The van der Waals surface area contributed by atoms with E-state index in [1.54, 1.807) is 0 Å². The summed E-state index contributed by atoms with van der Waals surface area (Å²) in [5.41, 5.74) is 0. The van der Waals surface area contributed by atoms with Crippen LogP contribution in [-0.4, -0.2) is 27.7 Å². The van der Waals surface area contributed by atoms with Crippen LogP contribution in [-0.2, 0) is 0 Å². The highest BCUT2D eigenvalue weighted by molar-refractivity contribution is 9.10. The first-order chi connectivity index (χ1) is 7.19. The fourth-order valence-electron chi connectivity index (χ4n) is 1.18. The number of aliphatic hydroxyl groups excluding tert-OH is 1. The van der Waals surface area contributed by atoms with Gasteiger partial charge in [0.2, 0.25) is 0 Å². The summed E-state index contributed by atoms with van der Waals surface area (Å²) in [7, 11) is 0. The first-order valence-corrected chi connectivity index (χ1v) is 5.89. The molecule has 1 atom stereocenters. The van der Waals surface area contributed by atoms with Crippen molar-refractivity contribution < 1.29 is 5.11 Å². The fourth-order valence-corrected chi connectivity index (χ4v) is 1.63. The van der Waals surface area contributed by atoms with Gasteiger partial charge in [-0.3, -0.25) is 0 Å². The monoisotopic (exact) mass is 293 g/mol. The van der Waals surface area contributed by atoms with Gasteiger partial charge in [-0.15, -0.1) is 0 Å².